The molecule has 172 valence electrons. The number of nitro groups is 1. The van der Waals surface area contributed by atoms with Gasteiger partial charge in [-0.3, -0.25) is 14.9 Å². The Kier molecular flexibility index (Phi) is 9.27. The quantitative estimate of drug-likeness (QED) is 0.295. The highest BCUT2D eigenvalue weighted by atomic mass is 16.6. The van der Waals surface area contributed by atoms with Gasteiger partial charge in [0, 0.05) is 0 Å². The molecule has 0 spiro atoms. The first kappa shape index (κ1) is 24.4. The number of ether oxygens (including phenoxy) is 4. The monoisotopic (exact) mass is 446 g/mol. The predicted molar refractivity (Wildman–Crippen MR) is 117 cm³/mol. The second kappa shape index (κ2) is 12.1. The third-order valence-electron chi connectivity index (χ3n) is 4.03. The first-order valence-corrected chi connectivity index (χ1v) is 10.2. The van der Waals surface area contributed by atoms with Crippen molar-refractivity contribution in [3.05, 3.63) is 52.1 Å². The number of carbonyl (C=O) groups is 2. The standard InChI is InChI=1S/C22H26N2O8/c1-4-11-31-19-10-7-15(12-20(19)30-6-3)22(26)32-14-21(25)23-17-9-8-16(29-5-2)13-18(17)24(27)28/h7-10,12-13H,4-6,11,14H2,1-3H3,(H,23,25). The highest BCUT2D eigenvalue weighted by Crippen LogP contribution is 2.30. The van der Waals surface area contributed by atoms with E-state index in [1.165, 1.54) is 30.3 Å². The van der Waals surface area contributed by atoms with Crippen LogP contribution in [0.15, 0.2) is 36.4 Å². The van der Waals surface area contributed by atoms with Crippen molar-refractivity contribution in [2.24, 2.45) is 0 Å². The molecule has 0 aliphatic carbocycles. The molecule has 0 aromatic heterocycles. The van der Waals surface area contributed by atoms with Crippen LogP contribution in [0, 0.1) is 10.1 Å². The normalized spacial score (nSPS) is 10.2. The van der Waals surface area contributed by atoms with Crippen molar-refractivity contribution in [1.82, 2.24) is 0 Å². The lowest BCUT2D eigenvalue weighted by Crippen LogP contribution is -2.21. The Morgan fingerprint density at radius 2 is 1.72 bits per heavy atom. The SMILES string of the molecule is CCCOc1ccc(C(=O)OCC(=O)Nc2ccc(OCC)cc2[N+](=O)[O-])cc1OCC. The number of nitrogens with one attached hydrogen (secondary N) is 1. The summed E-state index contributed by atoms with van der Waals surface area (Å²) in [5.74, 6) is -0.265. The third kappa shape index (κ3) is 6.86. The molecule has 0 aliphatic rings. The maximum atomic E-state index is 12.4. The Morgan fingerprint density at radius 3 is 2.38 bits per heavy atom. The summed E-state index contributed by atoms with van der Waals surface area (Å²) >= 11 is 0. The molecular weight excluding hydrogens is 420 g/mol. The van der Waals surface area contributed by atoms with Gasteiger partial charge in [-0.2, -0.15) is 0 Å². The van der Waals surface area contributed by atoms with Crippen LogP contribution in [-0.4, -0.2) is 43.2 Å². The largest absolute Gasteiger partial charge is 0.494 e. The second-order valence-corrected chi connectivity index (χ2v) is 6.44. The number of hydrogen-bond donors (Lipinski definition) is 1. The van der Waals surface area contributed by atoms with Crippen molar-refractivity contribution >= 4 is 23.3 Å². The molecule has 0 heterocycles. The number of hydrogen-bond acceptors (Lipinski definition) is 8. The van der Waals surface area contributed by atoms with E-state index >= 15 is 0 Å². The fourth-order valence-electron chi connectivity index (χ4n) is 2.66. The Labute approximate surface area is 185 Å². The van der Waals surface area contributed by atoms with Crippen molar-refractivity contribution in [3.8, 4) is 17.2 Å². The van der Waals surface area contributed by atoms with E-state index in [4.69, 9.17) is 18.9 Å². The van der Waals surface area contributed by atoms with E-state index in [-0.39, 0.29) is 16.9 Å². The number of anilines is 1. The second-order valence-electron chi connectivity index (χ2n) is 6.44. The minimum absolute atomic E-state index is 0.0319. The zero-order valence-corrected chi connectivity index (χ0v) is 18.2. The van der Waals surface area contributed by atoms with Gasteiger partial charge in [-0.05, 0) is 50.6 Å². The van der Waals surface area contributed by atoms with Crippen molar-refractivity contribution in [1.29, 1.82) is 0 Å². The summed E-state index contributed by atoms with van der Waals surface area (Å²) in [5, 5.41) is 13.7. The average molecular weight is 446 g/mol. The Hall–Kier alpha value is -3.82. The van der Waals surface area contributed by atoms with Crippen LogP contribution in [0.1, 0.15) is 37.6 Å². The highest BCUT2D eigenvalue weighted by molar-refractivity contribution is 5.97. The number of rotatable bonds is 12. The Balaban J connectivity index is 2.03. The zero-order chi connectivity index (χ0) is 23.5. The first-order chi connectivity index (χ1) is 15.4. The first-order valence-electron chi connectivity index (χ1n) is 10.2. The molecule has 10 nitrogen and oxygen atoms in total. The topological polar surface area (TPSA) is 126 Å². The molecule has 10 heteroatoms. The smallest absolute Gasteiger partial charge is 0.338 e. The molecule has 0 fully saturated rings. The highest BCUT2D eigenvalue weighted by Gasteiger charge is 2.19. The minimum Gasteiger partial charge on any atom is -0.494 e. The van der Waals surface area contributed by atoms with Gasteiger partial charge >= 0.3 is 5.97 Å². The van der Waals surface area contributed by atoms with Gasteiger partial charge in [-0.15, -0.1) is 0 Å². The number of carbonyl (C=O) groups excluding carboxylic acids is 2. The molecule has 0 atom stereocenters. The molecule has 2 aromatic rings. The zero-order valence-electron chi connectivity index (χ0n) is 18.2. The maximum absolute atomic E-state index is 12.4. The van der Waals surface area contributed by atoms with E-state index in [1.54, 1.807) is 19.9 Å². The number of esters is 1. The fraction of sp³-hybridized carbons (Fsp3) is 0.364. The van der Waals surface area contributed by atoms with Crippen LogP contribution in [0.3, 0.4) is 0 Å². The number of benzene rings is 2. The molecule has 2 rings (SSSR count). The Morgan fingerprint density at radius 1 is 0.969 bits per heavy atom. The van der Waals surface area contributed by atoms with Gasteiger partial charge in [0.1, 0.15) is 11.4 Å². The van der Waals surface area contributed by atoms with E-state index in [1.807, 2.05) is 6.92 Å². The van der Waals surface area contributed by atoms with Gasteiger partial charge < -0.3 is 24.3 Å². The number of nitro benzene ring substituents is 1. The lowest BCUT2D eigenvalue weighted by Gasteiger charge is -2.13. The molecule has 0 bridgehead atoms. The lowest BCUT2D eigenvalue weighted by molar-refractivity contribution is -0.384. The van der Waals surface area contributed by atoms with Crippen molar-refractivity contribution in [2.45, 2.75) is 27.2 Å². The van der Waals surface area contributed by atoms with Gasteiger partial charge in [0.25, 0.3) is 11.6 Å². The van der Waals surface area contributed by atoms with Crippen LogP contribution >= 0.6 is 0 Å². The Bertz CT molecular complexity index is 961. The summed E-state index contributed by atoms with van der Waals surface area (Å²) in [5.41, 5.74) is -0.188. The molecule has 1 N–H and O–H groups in total. The average Bonchev–Trinajstić information content (AvgIpc) is 2.77. The summed E-state index contributed by atoms with van der Waals surface area (Å²) in [6, 6.07) is 8.64. The molecule has 32 heavy (non-hydrogen) atoms. The van der Waals surface area contributed by atoms with Gasteiger partial charge in [-0.25, -0.2) is 4.79 Å². The molecule has 2 aromatic carbocycles. The molecule has 0 unspecified atom stereocenters. The number of amides is 1. The maximum Gasteiger partial charge on any atom is 0.338 e. The van der Waals surface area contributed by atoms with Gasteiger partial charge in [0.2, 0.25) is 0 Å². The summed E-state index contributed by atoms with van der Waals surface area (Å²) < 4.78 is 21.4. The van der Waals surface area contributed by atoms with Crippen LogP contribution in [0.25, 0.3) is 0 Å². The molecule has 0 saturated heterocycles. The van der Waals surface area contributed by atoms with Crippen molar-refractivity contribution in [2.75, 3.05) is 31.7 Å². The van der Waals surface area contributed by atoms with Crippen LogP contribution < -0.4 is 19.5 Å². The predicted octanol–water partition coefficient (Wildman–Crippen LogP) is 3.98. The minimum atomic E-state index is -0.746. The van der Waals surface area contributed by atoms with Crippen molar-refractivity contribution < 1.29 is 33.5 Å². The van der Waals surface area contributed by atoms with E-state index in [9.17, 15) is 19.7 Å². The molecule has 1 amide bonds. The summed E-state index contributed by atoms with van der Waals surface area (Å²) in [6.07, 6.45) is 0.816. The van der Waals surface area contributed by atoms with E-state index in [0.29, 0.717) is 37.1 Å². The van der Waals surface area contributed by atoms with E-state index in [0.717, 1.165) is 6.42 Å². The fourth-order valence-corrected chi connectivity index (χ4v) is 2.66. The summed E-state index contributed by atoms with van der Waals surface area (Å²) in [6.45, 7) is 6.12. The van der Waals surface area contributed by atoms with Crippen molar-refractivity contribution in [3.63, 3.8) is 0 Å². The van der Waals surface area contributed by atoms with Gasteiger partial charge in [-0.1, -0.05) is 6.92 Å². The van der Waals surface area contributed by atoms with E-state index in [2.05, 4.69) is 5.32 Å². The molecule has 0 radical (unpaired) electrons. The number of nitrogens with zero attached hydrogens (tertiary/aromatic N) is 1. The van der Waals surface area contributed by atoms with Crippen LogP contribution in [0.5, 0.6) is 17.2 Å². The van der Waals surface area contributed by atoms with E-state index < -0.39 is 23.4 Å². The van der Waals surface area contributed by atoms with Crippen LogP contribution in [0.4, 0.5) is 11.4 Å². The third-order valence-corrected chi connectivity index (χ3v) is 4.03. The molecule has 0 aliphatic heterocycles. The van der Waals surface area contributed by atoms with Gasteiger partial charge in [0.05, 0.1) is 36.4 Å². The summed E-state index contributed by atoms with van der Waals surface area (Å²) in [7, 11) is 0. The van der Waals surface area contributed by atoms with Crippen LogP contribution in [0.2, 0.25) is 0 Å². The van der Waals surface area contributed by atoms with Crippen LogP contribution in [-0.2, 0) is 9.53 Å². The molecule has 0 saturated carbocycles. The lowest BCUT2D eigenvalue weighted by atomic mass is 10.2. The molecular formula is C22H26N2O8. The summed E-state index contributed by atoms with van der Waals surface area (Å²) in [4.78, 5) is 35.2. The van der Waals surface area contributed by atoms with Gasteiger partial charge in [0.15, 0.2) is 18.1 Å².